The summed E-state index contributed by atoms with van der Waals surface area (Å²) in [5, 5.41) is 0. The van der Waals surface area contributed by atoms with E-state index in [0.717, 1.165) is 12.0 Å². The van der Waals surface area contributed by atoms with Gasteiger partial charge in [-0.05, 0) is 12.0 Å². The van der Waals surface area contributed by atoms with E-state index in [1.54, 1.807) is 19.1 Å². The van der Waals surface area contributed by atoms with E-state index >= 15 is 0 Å². The van der Waals surface area contributed by atoms with Gasteiger partial charge < -0.3 is 18.9 Å². The minimum atomic E-state index is -0.910. The molecule has 2 aliphatic rings. The summed E-state index contributed by atoms with van der Waals surface area (Å²) in [5.74, 6) is -0.910. The van der Waals surface area contributed by atoms with E-state index in [1.807, 2.05) is 30.3 Å². The molecule has 0 aromatic heterocycles. The fraction of sp³-hybridized carbons (Fsp3) is 0.562. The zero-order valence-electron chi connectivity index (χ0n) is 12.9. The number of benzene rings is 1. The number of carbonyl (C=O) groups excluding carboxylic acids is 1. The highest BCUT2D eigenvalue weighted by molar-refractivity contribution is 5.69. The molecule has 0 radical (unpaired) electrons. The van der Waals surface area contributed by atoms with E-state index in [4.69, 9.17) is 18.9 Å². The van der Waals surface area contributed by atoms with Crippen LogP contribution in [0.25, 0.3) is 0 Å². The van der Waals surface area contributed by atoms with Crippen molar-refractivity contribution in [3.05, 3.63) is 35.9 Å². The minimum absolute atomic E-state index is 0.0656. The van der Waals surface area contributed by atoms with Gasteiger partial charge in [-0.3, -0.25) is 4.90 Å². The number of hydrogen-bond acceptors (Lipinski definition) is 5. The number of rotatable bonds is 4. The van der Waals surface area contributed by atoms with Crippen molar-refractivity contribution >= 4 is 6.09 Å². The van der Waals surface area contributed by atoms with Crippen LogP contribution in [0, 0.1) is 0 Å². The van der Waals surface area contributed by atoms with Crippen LogP contribution in [-0.2, 0) is 25.6 Å². The van der Waals surface area contributed by atoms with E-state index in [1.165, 1.54) is 0 Å². The largest absolute Gasteiger partial charge is 0.445 e. The summed E-state index contributed by atoms with van der Waals surface area (Å²) in [5.41, 5.74) is 0.957. The molecule has 120 valence electrons. The van der Waals surface area contributed by atoms with E-state index in [2.05, 4.69) is 0 Å². The lowest BCUT2D eigenvalue weighted by Gasteiger charge is -2.35. The SMILES string of the molecule is COC1(OC)CO[C@@H]2CCN(C(=O)OCc3ccccc3)[C@@H]21. The number of amides is 1. The van der Waals surface area contributed by atoms with Crippen LogP contribution < -0.4 is 0 Å². The number of hydrogen-bond donors (Lipinski definition) is 0. The molecule has 0 spiro atoms. The number of nitrogens with zero attached hydrogens (tertiary/aromatic N) is 1. The molecular formula is C16H21NO5. The molecule has 0 aliphatic carbocycles. The third kappa shape index (κ3) is 2.58. The molecule has 1 amide bonds. The van der Waals surface area contributed by atoms with Crippen LogP contribution in [0.5, 0.6) is 0 Å². The lowest BCUT2D eigenvalue weighted by molar-refractivity contribution is -0.224. The second-order valence-electron chi connectivity index (χ2n) is 5.54. The van der Waals surface area contributed by atoms with Crippen LogP contribution in [0.4, 0.5) is 4.79 Å². The topological polar surface area (TPSA) is 57.2 Å². The Kier molecular flexibility index (Phi) is 4.33. The third-order valence-corrected chi connectivity index (χ3v) is 4.42. The Bertz CT molecular complexity index is 517. The van der Waals surface area contributed by atoms with Gasteiger partial charge in [-0.25, -0.2) is 4.79 Å². The molecule has 0 N–H and O–H groups in total. The number of methoxy groups -OCH3 is 2. The van der Waals surface area contributed by atoms with Gasteiger partial charge in [0, 0.05) is 20.8 Å². The lowest BCUT2D eigenvalue weighted by Crippen LogP contribution is -2.55. The summed E-state index contributed by atoms with van der Waals surface area (Å²) in [6, 6.07) is 9.34. The maximum Gasteiger partial charge on any atom is 0.410 e. The molecule has 3 rings (SSSR count). The highest BCUT2D eigenvalue weighted by atomic mass is 16.7. The molecule has 6 nitrogen and oxygen atoms in total. The van der Waals surface area contributed by atoms with Gasteiger partial charge in [0.25, 0.3) is 0 Å². The van der Waals surface area contributed by atoms with Crippen LogP contribution >= 0.6 is 0 Å². The standard InChI is InChI=1S/C16H21NO5/c1-19-16(20-2)11-22-13-8-9-17(14(13)16)15(18)21-10-12-6-4-3-5-7-12/h3-7,13-14H,8-11H2,1-2H3/t13-,14+/m1/s1. The Morgan fingerprint density at radius 2 is 2.05 bits per heavy atom. The van der Waals surface area contributed by atoms with Crippen molar-refractivity contribution in [2.24, 2.45) is 0 Å². The summed E-state index contributed by atoms with van der Waals surface area (Å²) in [6.07, 6.45) is 0.337. The third-order valence-electron chi connectivity index (χ3n) is 4.42. The monoisotopic (exact) mass is 307 g/mol. The Hall–Kier alpha value is -1.63. The molecule has 2 heterocycles. The van der Waals surface area contributed by atoms with E-state index in [-0.39, 0.29) is 24.8 Å². The molecule has 0 unspecified atom stereocenters. The molecule has 1 aromatic rings. The van der Waals surface area contributed by atoms with Crippen molar-refractivity contribution in [1.29, 1.82) is 0 Å². The first-order valence-corrected chi connectivity index (χ1v) is 7.39. The van der Waals surface area contributed by atoms with E-state index in [9.17, 15) is 4.79 Å². The first kappa shape index (κ1) is 15.3. The van der Waals surface area contributed by atoms with Gasteiger partial charge in [0.1, 0.15) is 19.3 Å². The van der Waals surface area contributed by atoms with Gasteiger partial charge in [-0.15, -0.1) is 0 Å². The van der Waals surface area contributed by atoms with Gasteiger partial charge in [-0.2, -0.15) is 0 Å². The first-order chi connectivity index (χ1) is 10.7. The molecule has 2 saturated heterocycles. The molecule has 6 heteroatoms. The Labute approximate surface area is 129 Å². The summed E-state index contributed by atoms with van der Waals surface area (Å²) >= 11 is 0. The molecular weight excluding hydrogens is 286 g/mol. The normalized spacial score (nSPS) is 26.0. The van der Waals surface area contributed by atoms with Crippen LogP contribution in [0.3, 0.4) is 0 Å². The fourth-order valence-corrected chi connectivity index (χ4v) is 3.22. The highest BCUT2D eigenvalue weighted by Crippen LogP contribution is 2.38. The summed E-state index contributed by atoms with van der Waals surface area (Å²) in [7, 11) is 3.14. The zero-order valence-corrected chi connectivity index (χ0v) is 12.9. The highest BCUT2D eigenvalue weighted by Gasteiger charge is 2.58. The van der Waals surface area contributed by atoms with Crippen molar-refractivity contribution in [1.82, 2.24) is 4.90 Å². The lowest BCUT2D eigenvalue weighted by atomic mass is 10.1. The van der Waals surface area contributed by atoms with E-state index < -0.39 is 5.79 Å². The second-order valence-corrected chi connectivity index (χ2v) is 5.54. The van der Waals surface area contributed by atoms with Crippen molar-refractivity contribution in [3.8, 4) is 0 Å². The Morgan fingerprint density at radius 3 is 2.73 bits per heavy atom. The second kappa shape index (κ2) is 6.24. The van der Waals surface area contributed by atoms with Crippen molar-refractivity contribution in [2.75, 3.05) is 27.4 Å². The van der Waals surface area contributed by atoms with Gasteiger partial charge in [0.15, 0.2) is 0 Å². The van der Waals surface area contributed by atoms with Crippen molar-refractivity contribution in [3.63, 3.8) is 0 Å². The van der Waals surface area contributed by atoms with Gasteiger partial charge in [0.05, 0.1) is 6.10 Å². The molecule has 0 bridgehead atoms. The smallest absolute Gasteiger partial charge is 0.410 e. The van der Waals surface area contributed by atoms with E-state index in [0.29, 0.717) is 13.2 Å². The molecule has 22 heavy (non-hydrogen) atoms. The van der Waals surface area contributed by atoms with Gasteiger partial charge in [0.2, 0.25) is 5.79 Å². The van der Waals surface area contributed by atoms with Crippen LogP contribution in [0.15, 0.2) is 30.3 Å². The summed E-state index contributed by atoms with van der Waals surface area (Å²) in [6.45, 7) is 1.15. The minimum Gasteiger partial charge on any atom is -0.445 e. The zero-order chi connectivity index (χ0) is 15.6. The van der Waals surface area contributed by atoms with Crippen LogP contribution in [0.1, 0.15) is 12.0 Å². The summed E-state index contributed by atoms with van der Waals surface area (Å²) < 4.78 is 22.2. The van der Waals surface area contributed by atoms with Crippen LogP contribution in [0.2, 0.25) is 0 Å². The molecule has 2 atom stereocenters. The molecule has 0 saturated carbocycles. The number of likely N-dealkylation sites (tertiary alicyclic amines) is 1. The number of ether oxygens (including phenoxy) is 4. The average Bonchev–Trinajstić information content (AvgIpc) is 3.14. The first-order valence-electron chi connectivity index (χ1n) is 7.39. The molecule has 1 aromatic carbocycles. The predicted octanol–water partition coefficient (Wildman–Crippen LogP) is 1.79. The fourth-order valence-electron chi connectivity index (χ4n) is 3.22. The van der Waals surface area contributed by atoms with Gasteiger partial charge >= 0.3 is 6.09 Å². The average molecular weight is 307 g/mol. The maximum absolute atomic E-state index is 12.4. The molecule has 2 aliphatic heterocycles. The number of carbonyl (C=O) groups is 1. The van der Waals surface area contributed by atoms with Gasteiger partial charge in [-0.1, -0.05) is 30.3 Å². The van der Waals surface area contributed by atoms with Crippen molar-refractivity contribution in [2.45, 2.75) is 31.0 Å². The quantitative estimate of drug-likeness (QED) is 0.794. The summed E-state index contributed by atoms with van der Waals surface area (Å²) in [4.78, 5) is 14.1. The maximum atomic E-state index is 12.4. The number of fused-ring (bicyclic) bond motifs is 1. The Balaban J connectivity index is 1.67. The Morgan fingerprint density at radius 1 is 1.32 bits per heavy atom. The predicted molar refractivity (Wildman–Crippen MR) is 78.2 cm³/mol. The molecule has 2 fully saturated rings. The van der Waals surface area contributed by atoms with Crippen LogP contribution in [-0.4, -0.2) is 56.3 Å². The van der Waals surface area contributed by atoms with Crippen molar-refractivity contribution < 1.29 is 23.7 Å².